The average molecular weight is 365 g/mol. The fourth-order valence-electron chi connectivity index (χ4n) is 2.64. The zero-order chi connectivity index (χ0) is 15.9. The molecule has 1 saturated heterocycles. The van der Waals surface area contributed by atoms with Crippen LogP contribution in [0.3, 0.4) is 0 Å². The van der Waals surface area contributed by atoms with Crippen molar-refractivity contribution >= 4 is 29.9 Å². The van der Waals surface area contributed by atoms with Gasteiger partial charge in [-0.05, 0) is 57.0 Å². The van der Waals surface area contributed by atoms with Crippen molar-refractivity contribution < 1.29 is 13.9 Å². The Kier molecular flexibility index (Phi) is 8.66. The molecule has 7 heteroatoms. The minimum absolute atomic E-state index is 0. The van der Waals surface area contributed by atoms with Crippen LogP contribution < -0.4 is 10.1 Å². The molecule has 4 nitrogen and oxygen atoms in total. The van der Waals surface area contributed by atoms with Gasteiger partial charge in [-0.15, -0.1) is 12.4 Å². The van der Waals surface area contributed by atoms with Gasteiger partial charge in [-0.25, -0.2) is 4.39 Å². The number of hydrogen-bond acceptors (Lipinski definition) is 3. The molecule has 0 aliphatic carbocycles. The van der Waals surface area contributed by atoms with E-state index in [2.05, 4.69) is 5.32 Å². The molecular formula is C16H23Cl2FN2O2. The molecule has 1 aliphatic heterocycles. The summed E-state index contributed by atoms with van der Waals surface area (Å²) in [5, 5.41) is 3.34. The van der Waals surface area contributed by atoms with E-state index in [0.29, 0.717) is 11.7 Å². The normalized spacial score (nSPS) is 15.2. The van der Waals surface area contributed by atoms with Gasteiger partial charge >= 0.3 is 0 Å². The van der Waals surface area contributed by atoms with Crippen LogP contribution >= 0.6 is 24.0 Å². The van der Waals surface area contributed by atoms with Crippen LogP contribution in [0.2, 0.25) is 5.02 Å². The standard InChI is InChI=1S/C16H22ClFN2O2.ClH/c1-19-7-4-12-5-8-20(9-6-12)16(21)11-22-15-3-2-13(18)10-14(15)17;/h2-3,10,12,19H,4-9,11H2,1H3;1H. The summed E-state index contributed by atoms with van der Waals surface area (Å²) in [7, 11) is 1.95. The molecule has 0 saturated carbocycles. The number of rotatable bonds is 6. The fourth-order valence-corrected chi connectivity index (χ4v) is 2.86. The number of amides is 1. The van der Waals surface area contributed by atoms with E-state index in [9.17, 15) is 9.18 Å². The number of nitrogens with one attached hydrogen (secondary N) is 1. The molecule has 0 spiro atoms. The summed E-state index contributed by atoms with van der Waals surface area (Å²) in [5.41, 5.74) is 0. The second-order valence-corrected chi connectivity index (χ2v) is 5.99. The van der Waals surface area contributed by atoms with E-state index in [4.69, 9.17) is 16.3 Å². The van der Waals surface area contributed by atoms with Crippen LogP contribution in [0.25, 0.3) is 0 Å². The van der Waals surface area contributed by atoms with Crippen molar-refractivity contribution in [2.24, 2.45) is 5.92 Å². The Balaban J connectivity index is 0.00000264. The molecule has 130 valence electrons. The largest absolute Gasteiger partial charge is 0.482 e. The van der Waals surface area contributed by atoms with Gasteiger partial charge in [-0.2, -0.15) is 0 Å². The minimum atomic E-state index is -0.424. The lowest BCUT2D eigenvalue weighted by Gasteiger charge is -2.32. The molecular weight excluding hydrogens is 342 g/mol. The molecule has 1 fully saturated rings. The van der Waals surface area contributed by atoms with Crippen molar-refractivity contribution in [2.75, 3.05) is 33.3 Å². The maximum absolute atomic E-state index is 12.9. The predicted octanol–water partition coefficient (Wildman–Crippen LogP) is 3.13. The second-order valence-electron chi connectivity index (χ2n) is 5.58. The lowest BCUT2D eigenvalue weighted by Crippen LogP contribution is -2.41. The van der Waals surface area contributed by atoms with E-state index >= 15 is 0 Å². The van der Waals surface area contributed by atoms with Crippen LogP contribution in [0.15, 0.2) is 18.2 Å². The Morgan fingerprint density at radius 2 is 2.13 bits per heavy atom. The van der Waals surface area contributed by atoms with Gasteiger partial charge in [-0.1, -0.05) is 11.6 Å². The minimum Gasteiger partial charge on any atom is -0.482 e. The van der Waals surface area contributed by atoms with Gasteiger partial charge in [0.05, 0.1) is 5.02 Å². The smallest absolute Gasteiger partial charge is 0.260 e. The Morgan fingerprint density at radius 3 is 2.74 bits per heavy atom. The highest BCUT2D eigenvalue weighted by Gasteiger charge is 2.22. The maximum Gasteiger partial charge on any atom is 0.260 e. The van der Waals surface area contributed by atoms with E-state index in [1.54, 1.807) is 0 Å². The highest BCUT2D eigenvalue weighted by atomic mass is 35.5. The lowest BCUT2D eigenvalue weighted by molar-refractivity contribution is -0.134. The Morgan fingerprint density at radius 1 is 1.43 bits per heavy atom. The molecule has 0 bridgehead atoms. The predicted molar refractivity (Wildman–Crippen MR) is 92.0 cm³/mol. The van der Waals surface area contributed by atoms with Crippen LogP contribution in [-0.2, 0) is 4.79 Å². The summed E-state index contributed by atoms with van der Waals surface area (Å²) in [6.45, 7) is 2.50. The van der Waals surface area contributed by atoms with Crippen LogP contribution in [0.4, 0.5) is 4.39 Å². The molecule has 2 rings (SSSR count). The quantitative estimate of drug-likeness (QED) is 0.842. The number of piperidine rings is 1. The first-order chi connectivity index (χ1) is 10.6. The van der Waals surface area contributed by atoms with Gasteiger partial charge < -0.3 is 15.0 Å². The zero-order valence-electron chi connectivity index (χ0n) is 13.2. The van der Waals surface area contributed by atoms with Crippen LogP contribution in [0.1, 0.15) is 19.3 Å². The highest BCUT2D eigenvalue weighted by Crippen LogP contribution is 2.25. The first kappa shape index (κ1) is 20.0. The summed E-state index contributed by atoms with van der Waals surface area (Å²) in [4.78, 5) is 14.0. The van der Waals surface area contributed by atoms with Crippen LogP contribution in [0.5, 0.6) is 5.75 Å². The molecule has 1 aromatic rings. The summed E-state index contributed by atoms with van der Waals surface area (Å²) in [6.07, 6.45) is 3.22. The Labute approximate surface area is 147 Å². The number of halogens is 3. The van der Waals surface area contributed by atoms with Crippen molar-refractivity contribution in [3.63, 3.8) is 0 Å². The molecule has 0 aromatic heterocycles. The van der Waals surface area contributed by atoms with E-state index in [-0.39, 0.29) is 29.9 Å². The SMILES string of the molecule is CNCCC1CCN(C(=O)COc2ccc(F)cc2Cl)CC1.Cl. The topological polar surface area (TPSA) is 41.6 Å². The molecule has 23 heavy (non-hydrogen) atoms. The zero-order valence-corrected chi connectivity index (χ0v) is 14.8. The number of benzene rings is 1. The summed E-state index contributed by atoms with van der Waals surface area (Å²) in [6, 6.07) is 3.88. The monoisotopic (exact) mass is 364 g/mol. The second kappa shape index (κ2) is 9.96. The van der Waals surface area contributed by atoms with Crippen molar-refractivity contribution in [1.29, 1.82) is 0 Å². The number of carbonyl (C=O) groups is 1. The average Bonchev–Trinajstić information content (AvgIpc) is 2.52. The third kappa shape index (κ3) is 6.16. The van der Waals surface area contributed by atoms with Gasteiger partial charge in [0, 0.05) is 13.1 Å². The molecule has 0 atom stereocenters. The van der Waals surface area contributed by atoms with Gasteiger partial charge in [0.25, 0.3) is 5.91 Å². The third-order valence-corrected chi connectivity index (χ3v) is 4.31. The van der Waals surface area contributed by atoms with Crippen LogP contribution in [0, 0.1) is 11.7 Å². The summed E-state index contributed by atoms with van der Waals surface area (Å²) < 4.78 is 18.3. The van der Waals surface area contributed by atoms with Gasteiger partial charge in [0.2, 0.25) is 0 Å². The van der Waals surface area contributed by atoms with Crippen molar-refractivity contribution in [1.82, 2.24) is 10.2 Å². The third-order valence-electron chi connectivity index (χ3n) is 4.01. The molecule has 0 radical (unpaired) electrons. The van der Waals surface area contributed by atoms with Crippen molar-refractivity contribution in [3.8, 4) is 5.75 Å². The molecule has 1 aromatic carbocycles. The molecule has 1 heterocycles. The lowest BCUT2D eigenvalue weighted by atomic mass is 9.93. The maximum atomic E-state index is 12.9. The number of likely N-dealkylation sites (tertiary alicyclic amines) is 1. The van der Waals surface area contributed by atoms with E-state index in [1.165, 1.54) is 18.2 Å². The molecule has 1 N–H and O–H groups in total. The number of carbonyl (C=O) groups excluding carboxylic acids is 1. The molecule has 1 aliphatic rings. The van der Waals surface area contributed by atoms with Crippen molar-refractivity contribution in [3.05, 3.63) is 29.0 Å². The van der Waals surface area contributed by atoms with Gasteiger partial charge in [-0.3, -0.25) is 4.79 Å². The molecule has 1 amide bonds. The Hall–Kier alpha value is -1.04. The molecule has 0 unspecified atom stereocenters. The fraction of sp³-hybridized carbons (Fsp3) is 0.562. The van der Waals surface area contributed by atoms with Crippen LogP contribution in [-0.4, -0.2) is 44.1 Å². The van der Waals surface area contributed by atoms with E-state index < -0.39 is 5.82 Å². The first-order valence-electron chi connectivity index (χ1n) is 7.60. The van der Waals surface area contributed by atoms with Crippen molar-refractivity contribution in [2.45, 2.75) is 19.3 Å². The van der Waals surface area contributed by atoms with Gasteiger partial charge in [0.1, 0.15) is 11.6 Å². The number of nitrogens with zero attached hydrogens (tertiary/aromatic N) is 1. The van der Waals surface area contributed by atoms with E-state index in [0.717, 1.165) is 38.9 Å². The summed E-state index contributed by atoms with van der Waals surface area (Å²) in [5.74, 6) is 0.545. The number of hydrogen-bond donors (Lipinski definition) is 1. The first-order valence-corrected chi connectivity index (χ1v) is 7.98. The highest BCUT2D eigenvalue weighted by molar-refractivity contribution is 6.32. The summed E-state index contributed by atoms with van der Waals surface area (Å²) >= 11 is 5.87. The Bertz CT molecular complexity index is 509. The van der Waals surface area contributed by atoms with Gasteiger partial charge in [0.15, 0.2) is 6.61 Å². The number of ether oxygens (including phenoxy) is 1. The van der Waals surface area contributed by atoms with E-state index in [1.807, 2.05) is 11.9 Å².